The molecular weight excluding hydrogens is 330 g/mol. The van der Waals surface area contributed by atoms with Gasteiger partial charge in [-0.05, 0) is 48.0 Å². The van der Waals surface area contributed by atoms with Crippen molar-refractivity contribution in [2.45, 2.75) is 37.6 Å². The molecule has 0 saturated heterocycles. The van der Waals surface area contributed by atoms with Crippen LogP contribution in [0.15, 0.2) is 47.5 Å². The Morgan fingerprint density at radius 3 is 2.84 bits per heavy atom. The van der Waals surface area contributed by atoms with Gasteiger partial charge < -0.3 is 5.32 Å². The van der Waals surface area contributed by atoms with Crippen molar-refractivity contribution in [3.05, 3.63) is 53.7 Å². The van der Waals surface area contributed by atoms with Gasteiger partial charge in [-0.3, -0.25) is 4.40 Å². The summed E-state index contributed by atoms with van der Waals surface area (Å²) in [6.45, 7) is 6.40. The SMILES string of the molecule is CCN(CC)Sc1ccc2nnc(NC3CCc4ccccc43)n2c1. The summed E-state index contributed by atoms with van der Waals surface area (Å²) in [6.07, 6.45) is 4.34. The average Bonchev–Trinajstić information content (AvgIpc) is 3.24. The van der Waals surface area contributed by atoms with Crippen LogP contribution in [-0.2, 0) is 6.42 Å². The fraction of sp³-hybridized carbons (Fsp3) is 0.368. The number of aromatic nitrogens is 3. The van der Waals surface area contributed by atoms with Gasteiger partial charge in [-0.2, -0.15) is 0 Å². The third-order valence-electron chi connectivity index (χ3n) is 4.75. The lowest BCUT2D eigenvalue weighted by molar-refractivity contribution is 0.525. The van der Waals surface area contributed by atoms with Crippen molar-refractivity contribution in [2.24, 2.45) is 0 Å². The molecule has 2 aromatic heterocycles. The van der Waals surface area contributed by atoms with Crippen LogP contribution in [-0.4, -0.2) is 32.0 Å². The van der Waals surface area contributed by atoms with Crippen LogP contribution < -0.4 is 5.32 Å². The number of aryl methyl sites for hydroxylation is 1. The highest BCUT2D eigenvalue weighted by atomic mass is 32.2. The zero-order chi connectivity index (χ0) is 17.2. The summed E-state index contributed by atoms with van der Waals surface area (Å²) in [7, 11) is 0. The molecule has 130 valence electrons. The van der Waals surface area contributed by atoms with Gasteiger partial charge in [0.05, 0.1) is 6.04 Å². The molecule has 0 fully saturated rings. The molecule has 1 aliphatic rings. The highest BCUT2D eigenvalue weighted by molar-refractivity contribution is 7.97. The quantitative estimate of drug-likeness (QED) is 0.674. The molecule has 0 spiro atoms. The molecule has 0 amide bonds. The Hall–Kier alpha value is -2.05. The first-order valence-electron chi connectivity index (χ1n) is 8.90. The number of hydrogen-bond donors (Lipinski definition) is 1. The predicted octanol–water partition coefficient (Wildman–Crippen LogP) is 4.18. The zero-order valence-corrected chi connectivity index (χ0v) is 15.5. The summed E-state index contributed by atoms with van der Waals surface area (Å²) < 4.78 is 4.39. The van der Waals surface area contributed by atoms with Gasteiger partial charge in [0.1, 0.15) is 0 Å². The van der Waals surface area contributed by atoms with E-state index in [-0.39, 0.29) is 0 Å². The van der Waals surface area contributed by atoms with E-state index in [4.69, 9.17) is 0 Å². The first kappa shape index (κ1) is 16.4. The highest BCUT2D eigenvalue weighted by Crippen LogP contribution is 2.33. The van der Waals surface area contributed by atoms with Gasteiger partial charge in [-0.15, -0.1) is 10.2 Å². The van der Waals surface area contributed by atoms with Crippen molar-refractivity contribution in [1.82, 2.24) is 18.9 Å². The van der Waals surface area contributed by atoms with E-state index in [1.165, 1.54) is 16.0 Å². The van der Waals surface area contributed by atoms with Crippen LogP contribution in [0.2, 0.25) is 0 Å². The lowest BCUT2D eigenvalue weighted by Gasteiger charge is -2.17. The summed E-state index contributed by atoms with van der Waals surface area (Å²) in [4.78, 5) is 1.20. The van der Waals surface area contributed by atoms with Gasteiger partial charge in [0, 0.05) is 24.2 Å². The van der Waals surface area contributed by atoms with E-state index in [0.29, 0.717) is 6.04 Å². The molecule has 5 nitrogen and oxygen atoms in total. The third kappa shape index (κ3) is 3.24. The summed E-state index contributed by atoms with van der Waals surface area (Å²) >= 11 is 1.78. The molecule has 0 aliphatic heterocycles. The Morgan fingerprint density at radius 2 is 2.00 bits per heavy atom. The van der Waals surface area contributed by atoms with E-state index in [1.54, 1.807) is 11.9 Å². The minimum atomic E-state index is 0.308. The first-order valence-corrected chi connectivity index (χ1v) is 9.68. The summed E-state index contributed by atoms with van der Waals surface area (Å²) in [5.74, 6) is 0.818. The standard InChI is InChI=1S/C19H23N5S/c1-3-23(4-2)25-15-10-12-18-21-22-19(24(18)13-15)20-17-11-9-14-7-5-6-8-16(14)17/h5-8,10,12-13,17H,3-4,9,11H2,1-2H3,(H,20,22). The molecule has 1 N–H and O–H groups in total. The van der Waals surface area contributed by atoms with Gasteiger partial charge in [-0.1, -0.05) is 38.1 Å². The lowest BCUT2D eigenvalue weighted by atomic mass is 10.1. The number of fused-ring (bicyclic) bond motifs is 2. The van der Waals surface area contributed by atoms with Crippen molar-refractivity contribution in [3.8, 4) is 0 Å². The fourth-order valence-electron chi connectivity index (χ4n) is 3.39. The van der Waals surface area contributed by atoms with Crippen LogP contribution in [0.5, 0.6) is 0 Å². The molecule has 0 bridgehead atoms. The average molecular weight is 353 g/mol. The largest absolute Gasteiger partial charge is 0.347 e. The van der Waals surface area contributed by atoms with Crippen LogP contribution in [0, 0.1) is 0 Å². The molecule has 0 radical (unpaired) electrons. The molecule has 1 atom stereocenters. The molecule has 25 heavy (non-hydrogen) atoms. The second-order valence-corrected chi connectivity index (χ2v) is 7.43. The van der Waals surface area contributed by atoms with Crippen molar-refractivity contribution >= 4 is 23.5 Å². The number of hydrogen-bond acceptors (Lipinski definition) is 5. The molecule has 6 heteroatoms. The topological polar surface area (TPSA) is 45.5 Å². The fourth-order valence-corrected chi connectivity index (χ4v) is 4.23. The Labute approximate surface area is 152 Å². The van der Waals surface area contributed by atoms with E-state index < -0.39 is 0 Å². The van der Waals surface area contributed by atoms with Crippen molar-refractivity contribution in [3.63, 3.8) is 0 Å². The number of anilines is 1. The Bertz CT molecular complexity index is 871. The maximum Gasteiger partial charge on any atom is 0.229 e. The Kier molecular flexibility index (Phi) is 4.63. The van der Waals surface area contributed by atoms with Crippen LogP contribution in [0.3, 0.4) is 0 Å². The Balaban J connectivity index is 1.60. The summed E-state index contributed by atoms with van der Waals surface area (Å²) in [5, 5.41) is 12.3. The van der Waals surface area contributed by atoms with Crippen LogP contribution >= 0.6 is 11.9 Å². The minimum absolute atomic E-state index is 0.308. The third-order valence-corrected chi connectivity index (χ3v) is 5.98. The molecule has 4 rings (SSSR count). The summed E-state index contributed by atoms with van der Waals surface area (Å²) in [6, 6.07) is 13.1. The molecular formula is C19H23N5S. The smallest absolute Gasteiger partial charge is 0.229 e. The summed E-state index contributed by atoms with van der Waals surface area (Å²) in [5.41, 5.74) is 3.69. The van der Waals surface area contributed by atoms with Crippen molar-refractivity contribution in [1.29, 1.82) is 0 Å². The van der Waals surface area contributed by atoms with Gasteiger partial charge in [0.25, 0.3) is 0 Å². The highest BCUT2D eigenvalue weighted by Gasteiger charge is 2.23. The number of rotatable bonds is 6. The maximum absolute atomic E-state index is 4.37. The van der Waals surface area contributed by atoms with E-state index in [9.17, 15) is 0 Å². The predicted molar refractivity (Wildman–Crippen MR) is 103 cm³/mol. The van der Waals surface area contributed by atoms with Gasteiger partial charge in [0.2, 0.25) is 5.95 Å². The van der Waals surface area contributed by atoms with Crippen LogP contribution in [0.4, 0.5) is 5.95 Å². The van der Waals surface area contributed by atoms with E-state index in [2.05, 4.69) is 74.6 Å². The van der Waals surface area contributed by atoms with Crippen molar-refractivity contribution < 1.29 is 0 Å². The molecule has 0 saturated carbocycles. The first-order chi connectivity index (χ1) is 12.3. The number of pyridine rings is 1. The monoisotopic (exact) mass is 353 g/mol. The molecule has 3 aromatic rings. The molecule has 1 aliphatic carbocycles. The molecule has 1 aromatic carbocycles. The number of nitrogens with zero attached hydrogens (tertiary/aromatic N) is 4. The van der Waals surface area contributed by atoms with E-state index in [1.807, 2.05) is 6.07 Å². The molecule has 2 heterocycles. The normalized spacial score (nSPS) is 16.5. The lowest BCUT2D eigenvalue weighted by Crippen LogP contribution is -2.13. The van der Waals surface area contributed by atoms with E-state index >= 15 is 0 Å². The number of benzene rings is 1. The van der Waals surface area contributed by atoms with Crippen molar-refractivity contribution in [2.75, 3.05) is 18.4 Å². The minimum Gasteiger partial charge on any atom is -0.347 e. The Morgan fingerprint density at radius 1 is 1.16 bits per heavy atom. The van der Waals surface area contributed by atoms with Crippen LogP contribution in [0.25, 0.3) is 5.65 Å². The zero-order valence-electron chi connectivity index (χ0n) is 14.6. The van der Waals surface area contributed by atoms with Crippen LogP contribution in [0.1, 0.15) is 37.4 Å². The van der Waals surface area contributed by atoms with Gasteiger partial charge >= 0.3 is 0 Å². The van der Waals surface area contributed by atoms with Gasteiger partial charge in [-0.25, -0.2) is 4.31 Å². The second-order valence-electron chi connectivity index (χ2n) is 6.26. The number of nitrogens with one attached hydrogen (secondary N) is 1. The molecule has 1 unspecified atom stereocenters. The second kappa shape index (κ2) is 7.06. The maximum atomic E-state index is 4.37. The van der Waals surface area contributed by atoms with E-state index in [0.717, 1.165) is 37.5 Å². The van der Waals surface area contributed by atoms with Gasteiger partial charge in [0.15, 0.2) is 5.65 Å².